The lowest BCUT2D eigenvalue weighted by molar-refractivity contribution is 0.415. The summed E-state index contributed by atoms with van der Waals surface area (Å²) in [4.78, 5) is 6.67. The number of benzene rings is 3. The van der Waals surface area contributed by atoms with E-state index in [0.717, 1.165) is 46.9 Å². The normalized spacial score (nSPS) is 12.2. The fourth-order valence-corrected chi connectivity index (χ4v) is 5.87. The summed E-state index contributed by atoms with van der Waals surface area (Å²) in [5.74, 6) is 0.768. The number of aromatic nitrogens is 1. The molecule has 4 nitrogen and oxygen atoms in total. The molecule has 0 aliphatic rings. The number of rotatable bonds is 5. The minimum atomic E-state index is 0.679. The lowest BCUT2D eigenvalue weighted by Gasteiger charge is -2.09. The third-order valence-corrected chi connectivity index (χ3v) is 7.73. The minimum absolute atomic E-state index is 0.679. The summed E-state index contributed by atoms with van der Waals surface area (Å²) in [7, 11) is 1.68. The lowest BCUT2D eigenvalue weighted by atomic mass is 10.0. The number of ether oxygens (including phenoxy) is 1. The van der Waals surface area contributed by atoms with Crippen molar-refractivity contribution in [3.8, 4) is 16.3 Å². The largest absolute Gasteiger partial charge is 0.496 e. The van der Waals surface area contributed by atoms with Gasteiger partial charge in [-0.05, 0) is 69.2 Å². The van der Waals surface area contributed by atoms with Gasteiger partial charge in [0.2, 0.25) is 4.80 Å². The van der Waals surface area contributed by atoms with Crippen LogP contribution in [0.3, 0.4) is 0 Å². The van der Waals surface area contributed by atoms with Crippen molar-refractivity contribution in [3.63, 3.8) is 0 Å². The average Bonchev–Trinajstić information content (AvgIpc) is 3.44. The van der Waals surface area contributed by atoms with Crippen molar-refractivity contribution in [2.45, 2.75) is 0 Å². The van der Waals surface area contributed by atoms with Crippen molar-refractivity contribution in [1.82, 2.24) is 4.68 Å². The van der Waals surface area contributed by atoms with Crippen LogP contribution in [0.15, 0.2) is 92.1 Å². The Labute approximate surface area is 212 Å². The molecule has 0 aliphatic carbocycles. The third-order valence-electron chi connectivity index (χ3n) is 5.02. The fraction of sp³-hybridized carbons (Fsp3) is 0.0400. The van der Waals surface area contributed by atoms with E-state index in [2.05, 4.69) is 45.6 Å². The first kappa shape index (κ1) is 22.1. The van der Waals surface area contributed by atoms with Crippen LogP contribution in [0, 0.1) is 0 Å². The third kappa shape index (κ3) is 4.68. The molecule has 2 aromatic heterocycles. The first-order chi connectivity index (χ1) is 16.1. The molecule has 33 heavy (non-hydrogen) atoms. The van der Waals surface area contributed by atoms with Crippen molar-refractivity contribution >= 4 is 72.9 Å². The SMILES string of the molecule is COc1ccc2ccccc2c1C=Nn1c(-c2ccc(Br)s2)csc1=Nc1ccc(Cl)cc1. The van der Waals surface area contributed by atoms with E-state index in [4.69, 9.17) is 26.4 Å². The predicted octanol–water partition coefficient (Wildman–Crippen LogP) is 7.97. The second kappa shape index (κ2) is 9.65. The second-order valence-corrected chi connectivity index (χ2v) is 10.8. The molecule has 0 spiro atoms. The highest BCUT2D eigenvalue weighted by atomic mass is 79.9. The van der Waals surface area contributed by atoms with E-state index >= 15 is 0 Å². The van der Waals surface area contributed by atoms with Gasteiger partial charge in [0.25, 0.3) is 0 Å². The molecule has 2 heterocycles. The first-order valence-electron chi connectivity index (χ1n) is 9.99. The van der Waals surface area contributed by atoms with Gasteiger partial charge < -0.3 is 4.74 Å². The van der Waals surface area contributed by atoms with E-state index < -0.39 is 0 Å². The average molecular weight is 555 g/mol. The molecule has 0 aliphatic heterocycles. The summed E-state index contributed by atoms with van der Waals surface area (Å²) in [6.45, 7) is 0. The zero-order valence-corrected chi connectivity index (χ0v) is 21.4. The van der Waals surface area contributed by atoms with Crippen LogP contribution in [0.25, 0.3) is 21.3 Å². The molecule has 8 heteroatoms. The smallest absolute Gasteiger partial charge is 0.211 e. The first-order valence-corrected chi connectivity index (χ1v) is 12.9. The van der Waals surface area contributed by atoms with Crippen LogP contribution in [-0.2, 0) is 0 Å². The van der Waals surface area contributed by atoms with Crippen LogP contribution in [0.5, 0.6) is 5.75 Å². The summed E-state index contributed by atoms with van der Waals surface area (Å²) in [6, 6.07) is 23.8. The zero-order chi connectivity index (χ0) is 22.8. The molecule has 0 amide bonds. The maximum Gasteiger partial charge on any atom is 0.211 e. The van der Waals surface area contributed by atoms with Crippen LogP contribution in [0.1, 0.15) is 5.56 Å². The van der Waals surface area contributed by atoms with Gasteiger partial charge in [-0.1, -0.05) is 41.9 Å². The molecular weight excluding hydrogens is 538 g/mol. The van der Waals surface area contributed by atoms with Gasteiger partial charge in [-0.25, -0.2) is 9.67 Å². The second-order valence-electron chi connectivity index (χ2n) is 7.05. The van der Waals surface area contributed by atoms with E-state index in [0.29, 0.717) is 5.02 Å². The van der Waals surface area contributed by atoms with Crippen molar-refractivity contribution in [3.05, 3.63) is 97.4 Å². The predicted molar refractivity (Wildman–Crippen MR) is 143 cm³/mol. The number of hydrogen-bond donors (Lipinski definition) is 0. The van der Waals surface area contributed by atoms with E-state index in [9.17, 15) is 0 Å². The van der Waals surface area contributed by atoms with Crippen molar-refractivity contribution < 1.29 is 4.74 Å². The summed E-state index contributed by atoms with van der Waals surface area (Å²) >= 11 is 12.8. The van der Waals surface area contributed by atoms with Crippen molar-refractivity contribution in [1.29, 1.82) is 0 Å². The monoisotopic (exact) mass is 553 g/mol. The van der Waals surface area contributed by atoms with Gasteiger partial charge in [0.15, 0.2) is 0 Å². The van der Waals surface area contributed by atoms with Gasteiger partial charge in [-0.15, -0.1) is 22.7 Å². The Hall–Kier alpha value is -2.71. The Balaban J connectivity index is 1.69. The van der Waals surface area contributed by atoms with Crippen LogP contribution in [0.2, 0.25) is 5.02 Å². The molecule has 0 bridgehead atoms. The van der Waals surface area contributed by atoms with Gasteiger partial charge >= 0.3 is 0 Å². The summed E-state index contributed by atoms with van der Waals surface area (Å²) in [6.07, 6.45) is 1.85. The molecule has 0 fully saturated rings. The Morgan fingerprint density at radius 2 is 1.82 bits per heavy atom. The number of thiazole rings is 1. The zero-order valence-electron chi connectivity index (χ0n) is 17.4. The molecule has 0 unspecified atom stereocenters. The van der Waals surface area contributed by atoms with Gasteiger partial charge in [0.05, 0.1) is 33.4 Å². The van der Waals surface area contributed by atoms with E-state index in [1.165, 1.54) is 11.3 Å². The Morgan fingerprint density at radius 1 is 1.00 bits per heavy atom. The number of fused-ring (bicyclic) bond motifs is 1. The van der Waals surface area contributed by atoms with Gasteiger partial charge in [-0.2, -0.15) is 5.10 Å². The summed E-state index contributed by atoms with van der Waals surface area (Å²) in [5.41, 5.74) is 2.70. The molecule has 0 atom stereocenters. The van der Waals surface area contributed by atoms with E-state index in [1.807, 2.05) is 59.4 Å². The fourth-order valence-electron chi connectivity index (χ4n) is 3.44. The highest BCUT2D eigenvalue weighted by Gasteiger charge is 2.11. The van der Waals surface area contributed by atoms with Gasteiger partial charge in [-0.3, -0.25) is 0 Å². The van der Waals surface area contributed by atoms with Crippen molar-refractivity contribution in [2.24, 2.45) is 10.1 Å². The molecule has 3 aromatic carbocycles. The highest BCUT2D eigenvalue weighted by Crippen LogP contribution is 2.32. The number of halogens is 2. The Bertz CT molecular complexity index is 1530. The summed E-state index contributed by atoms with van der Waals surface area (Å²) < 4.78 is 8.58. The molecule has 5 rings (SSSR count). The maximum absolute atomic E-state index is 6.04. The molecular formula is C25H17BrClN3OS2. The summed E-state index contributed by atoms with van der Waals surface area (Å²) in [5, 5.41) is 9.85. The minimum Gasteiger partial charge on any atom is -0.496 e. The highest BCUT2D eigenvalue weighted by molar-refractivity contribution is 9.11. The van der Waals surface area contributed by atoms with E-state index in [-0.39, 0.29) is 0 Å². The molecule has 0 N–H and O–H groups in total. The Kier molecular flexibility index (Phi) is 6.46. The van der Waals surface area contributed by atoms with E-state index in [1.54, 1.807) is 18.4 Å². The van der Waals surface area contributed by atoms with Gasteiger partial charge in [0.1, 0.15) is 5.75 Å². The molecule has 164 valence electrons. The quantitative estimate of drug-likeness (QED) is 0.203. The molecule has 0 saturated heterocycles. The molecule has 0 saturated carbocycles. The van der Waals surface area contributed by atoms with Gasteiger partial charge in [0, 0.05) is 16.0 Å². The topological polar surface area (TPSA) is 38.9 Å². The van der Waals surface area contributed by atoms with Crippen LogP contribution in [0.4, 0.5) is 5.69 Å². The van der Waals surface area contributed by atoms with Crippen molar-refractivity contribution in [2.75, 3.05) is 7.11 Å². The number of hydrogen-bond acceptors (Lipinski definition) is 5. The molecule has 0 radical (unpaired) electrons. The molecule has 5 aromatic rings. The number of methoxy groups -OCH3 is 1. The number of thiophene rings is 1. The van der Waals surface area contributed by atoms with Crippen LogP contribution >= 0.6 is 50.2 Å². The maximum atomic E-state index is 6.04. The van der Waals surface area contributed by atoms with Crippen LogP contribution in [-0.4, -0.2) is 18.0 Å². The lowest BCUT2D eigenvalue weighted by Crippen LogP contribution is -2.11. The standard InChI is InChI=1S/C25H17BrClN3OS2/c1-31-22-11-6-16-4-2-3-5-19(16)20(22)14-28-30-21(23-12-13-24(26)33-23)15-32-25(30)29-18-9-7-17(27)8-10-18/h2-15H,1H3. The number of nitrogens with zero attached hydrogens (tertiary/aromatic N) is 3. The van der Waals surface area contributed by atoms with Crippen LogP contribution < -0.4 is 9.54 Å². The Morgan fingerprint density at radius 3 is 2.58 bits per heavy atom.